The third-order valence-corrected chi connectivity index (χ3v) is 5.04. The Morgan fingerprint density at radius 3 is 2.68 bits per heavy atom. The third-order valence-electron chi connectivity index (χ3n) is 4.61. The molecule has 0 aliphatic heterocycles. The number of aromatic nitrogens is 1. The molecule has 3 heteroatoms. The first-order valence-corrected chi connectivity index (χ1v) is 7.46. The molecule has 2 nitrogen and oxygen atoms in total. The van der Waals surface area contributed by atoms with Gasteiger partial charge >= 0.3 is 0 Å². The van der Waals surface area contributed by atoms with Gasteiger partial charge in [0.25, 0.3) is 0 Å². The molecule has 3 rings (SSSR count). The second kappa shape index (κ2) is 4.84. The van der Waals surface area contributed by atoms with Crippen LogP contribution in [0.15, 0.2) is 24.3 Å². The van der Waals surface area contributed by atoms with Crippen LogP contribution in [0.2, 0.25) is 5.02 Å². The first kappa shape index (κ1) is 13.0. The van der Waals surface area contributed by atoms with Crippen molar-refractivity contribution in [1.82, 2.24) is 10.3 Å². The Labute approximate surface area is 119 Å². The zero-order chi connectivity index (χ0) is 13.5. The number of benzene rings is 1. The normalized spacial score (nSPS) is 17.3. The molecular formula is C16H21ClN2. The number of rotatable bonds is 5. The highest BCUT2D eigenvalue weighted by Crippen LogP contribution is 2.51. The summed E-state index contributed by atoms with van der Waals surface area (Å²) in [6.45, 7) is 6.56. The molecule has 1 saturated carbocycles. The summed E-state index contributed by atoms with van der Waals surface area (Å²) >= 11 is 6.41. The SMILES string of the molecule is CC(C)C1(CNCc2[nH]c3ccccc3c2Cl)CC1. The summed E-state index contributed by atoms with van der Waals surface area (Å²) in [5.41, 5.74) is 2.76. The van der Waals surface area contributed by atoms with Crippen molar-refractivity contribution in [3.8, 4) is 0 Å². The fourth-order valence-electron chi connectivity index (χ4n) is 2.84. The molecule has 1 heterocycles. The van der Waals surface area contributed by atoms with Gasteiger partial charge in [0.1, 0.15) is 0 Å². The standard InChI is InChI=1S/C16H21ClN2/c1-11(2)16(7-8-16)10-18-9-14-15(17)12-5-3-4-6-13(12)19-14/h3-6,11,18-19H,7-10H2,1-2H3. The lowest BCUT2D eigenvalue weighted by Crippen LogP contribution is -2.27. The predicted molar refractivity (Wildman–Crippen MR) is 81.5 cm³/mol. The number of para-hydroxylation sites is 1. The van der Waals surface area contributed by atoms with E-state index in [1.807, 2.05) is 12.1 Å². The minimum absolute atomic E-state index is 0.540. The Morgan fingerprint density at radius 1 is 1.32 bits per heavy atom. The highest BCUT2D eigenvalue weighted by molar-refractivity contribution is 6.36. The number of halogens is 1. The van der Waals surface area contributed by atoms with E-state index in [-0.39, 0.29) is 0 Å². The van der Waals surface area contributed by atoms with Crippen molar-refractivity contribution in [2.75, 3.05) is 6.54 Å². The fraction of sp³-hybridized carbons (Fsp3) is 0.500. The Hall–Kier alpha value is -0.990. The van der Waals surface area contributed by atoms with Gasteiger partial charge in [-0.15, -0.1) is 0 Å². The van der Waals surface area contributed by atoms with E-state index in [9.17, 15) is 0 Å². The summed E-state index contributed by atoms with van der Waals surface area (Å²) in [6, 6.07) is 8.19. The van der Waals surface area contributed by atoms with Gasteiger partial charge in [-0.3, -0.25) is 0 Å². The number of hydrogen-bond donors (Lipinski definition) is 2. The fourth-order valence-corrected chi connectivity index (χ4v) is 3.12. The van der Waals surface area contributed by atoms with Crippen LogP contribution < -0.4 is 5.32 Å². The van der Waals surface area contributed by atoms with Crippen LogP contribution in [0.25, 0.3) is 10.9 Å². The zero-order valence-electron chi connectivity index (χ0n) is 11.6. The van der Waals surface area contributed by atoms with Gasteiger partial charge in [0, 0.05) is 29.7 Å². The highest BCUT2D eigenvalue weighted by Gasteiger charge is 2.44. The van der Waals surface area contributed by atoms with Gasteiger partial charge in [-0.25, -0.2) is 0 Å². The van der Waals surface area contributed by atoms with Gasteiger partial charge in [-0.2, -0.15) is 0 Å². The maximum absolute atomic E-state index is 6.41. The van der Waals surface area contributed by atoms with Gasteiger partial charge in [-0.05, 0) is 30.2 Å². The van der Waals surface area contributed by atoms with Crippen LogP contribution in [0.4, 0.5) is 0 Å². The minimum atomic E-state index is 0.540. The van der Waals surface area contributed by atoms with E-state index in [4.69, 9.17) is 11.6 Å². The Balaban J connectivity index is 1.67. The van der Waals surface area contributed by atoms with Crippen LogP contribution in [0.3, 0.4) is 0 Å². The van der Waals surface area contributed by atoms with E-state index in [1.54, 1.807) is 0 Å². The summed E-state index contributed by atoms with van der Waals surface area (Å²) in [6.07, 6.45) is 2.72. The minimum Gasteiger partial charge on any atom is -0.356 e. The maximum atomic E-state index is 6.41. The highest BCUT2D eigenvalue weighted by atomic mass is 35.5. The van der Waals surface area contributed by atoms with E-state index in [2.05, 4.69) is 36.3 Å². The van der Waals surface area contributed by atoms with Gasteiger partial charge in [0.2, 0.25) is 0 Å². The van der Waals surface area contributed by atoms with Crippen molar-refractivity contribution in [2.24, 2.45) is 11.3 Å². The number of H-pyrrole nitrogens is 1. The van der Waals surface area contributed by atoms with Crippen molar-refractivity contribution in [2.45, 2.75) is 33.2 Å². The first-order chi connectivity index (χ1) is 9.12. The second-order valence-electron chi connectivity index (χ2n) is 6.08. The van der Waals surface area contributed by atoms with Crippen molar-refractivity contribution in [1.29, 1.82) is 0 Å². The Bertz CT molecular complexity index is 581. The summed E-state index contributed by atoms with van der Waals surface area (Å²) < 4.78 is 0. The molecule has 0 spiro atoms. The molecule has 1 aliphatic rings. The monoisotopic (exact) mass is 276 g/mol. The van der Waals surface area contributed by atoms with E-state index in [1.165, 1.54) is 12.8 Å². The van der Waals surface area contributed by atoms with Crippen LogP contribution in [-0.4, -0.2) is 11.5 Å². The molecule has 0 radical (unpaired) electrons. The molecule has 0 amide bonds. The predicted octanol–water partition coefficient (Wildman–Crippen LogP) is 4.35. The lowest BCUT2D eigenvalue weighted by molar-refractivity contribution is 0.337. The van der Waals surface area contributed by atoms with Gasteiger partial charge < -0.3 is 10.3 Å². The number of fused-ring (bicyclic) bond motifs is 1. The number of aromatic amines is 1. The van der Waals surface area contributed by atoms with Crippen molar-refractivity contribution >= 4 is 22.5 Å². The summed E-state index contributed by atoms with van der Waals surface area (Å²) in [7, 11) is 0. The quantitative estimate of drug-likeness (QED) is 0.835. The van der Waals surface area contributed by atoms with Crippen LogP contribution in [0.1, 0.15) is 32.4 Å². The molecule has 1 aromatic carbocycles. The third kappa shape index (κ3) is 2.39. The molecule has 1 aliphatic carbocycles. The van der Waals surface area contributed by atoms with E-state index >= 15 is 0 Å². The van der Waals surface area contributed by atoms with Crippen molar-refractivity contribution in [3.63, 3.8) is 0 Å². The van der Waals surface area contributed by atoms with Crippen LogP contribution in [-0.2, 0) is 6.54 Å². The Morgan fingerprint density at radius 2 is 2.05 bits per heavy atom. The molecule has 102 valence electrons. The zero-order valence-corrected chi connectivity index (χ0v) is 12.3. The lowest BCUT2D eigenvalue weighted by Gasteiger charge is -2.19. The topological polar surface area (TPSA) is 27.8 Å². The van der Waals surface area contributed by atoms with E-state index in [0.717, 1.165) is 40.6 Å². The molecule has 0 unspecified atom stereocenters. The van der Waals surface area contributed by atoms with Crippen molar-refractivity contribution in [3.05, 3.63) is 35.0 Å². The average molecular weight is 277 g/mol. The molecule has 19 heavy (non-hydrogen) atoms. The van der Waals surface area contributed by atoms with E-state index in [0.29, 0.717) is 5.41 Å². The molecule has 0 bridgehead atoms. The molecular weight excluding hydrogens is 256 g/mol. The van der Waals surface area contributed by atoms with Crippen molar-refractivity contribution < 1.29 is 0 Å². The maximum Gasteiger partial charge on any atom is 0.0705 e. The first-order valence-electron chi connectivity index (χ1n) is 7.08. The number of hydrogen-bond acceptors (Lipinski definition) is 1. The Kier molecular flexibility index (Phi) is 3.32. The number of nitrogens with one attached hydrogen (secondary N) is 2. The molecule has 0 atom stereocenters. The molecule has 1 fully saturated rings. The largest absolute Gasteiger partial charge is 0.356 e. The van der Waals surface area contributed by atoms with Crippen LogP contribution in [0, 0.1) is 11.3 Å². The lowest BCUT2D eigenvalue weighted by atomic mass is 9.92. The summed E-state index contributed by atoms with van der Waals surface area (Å²) in [5.74, 6) is 0.762. The molecule has 1 aromatic heterocycles. The van der Waals surface area contributed by atoms with Gasteiger partial charge in [-0.1, -0.05) is 43.6 Å². The second-order valence-corrected chi connectivity index (χ2v) is 6.46. The molecule has 2 N–H and O–H groups in total. The summed E-state index contributed by atoms with van der Waals surface area (Å²) in [5, 5.41) is 5.55. The average Bonchev–Trinajstić information content (AvgIpc) is 3.12. The van der Waals surface area contributed by atoms with E-state index < -0.39 is 0 Å². The molecule has 0 saturated heterocycles. The summed E-state index contributed by atoms with van der Waals surface area (Å²) in [4.78, 5) is 3.41. The smallest absolute Gasteiger partial charge is 0.0705 e. The molecule has 2 aromatic rings. The van der Waals surface area contributed by atoms with Gasteiger partial charge in [0.05, 0.1) is 5.02 Å². The van der Waals surface area contributed by atoms with Gasteiger partial charge in [0.15, 0.2) is 0 Å². The van der Waals surface area contributed by atoms with Crippen LogP contribution >= 0.6 is 11.6 Å². The van der Waals surface area contributed by atoms with Crippen LogP contribution in [0.5, 0.6) is 0 Å².